The summed E-state index contributed by atoms with van der Waals surface area (Å²) in [4.78, 5) is 16.5. The highest BCUT2D eigenvalue weighted by atomic mass is 16.1. The summed E-state index contributed by atoms with van der Waals surface area (Å²) in [5, 5.41) is 4.72. The first-order valence-corrected chi connectivity index (χ1v) is 7.67. The van der Waals surface area contributed by atoms with Gasteiger partial charge in [-0.25, -0.2) is 4.98 Å². The lowest BCUT2D eigenvalue weighted by Gasteiger charge is -2.11. The predicted molar refractivity (Wildman–Crippen MR) is 85.1 cm³/mol. The third-order valence-electron chi connectivity index (χ3n) is 4.38. The number of pyridine rings is 1. The summed E-state index contributed by atoms with van der Waals surface area (Å²) >= 11 is 0. The number of aromatic nitrogens is 1. The van der Waals surface area contributed by atoms with Crippen molar-refractivity contribution < 1.29 is 4.79 Å². The zero-order valence-electron chi connectivity index (χ0n) is 12.1. The summed E-state index contributed by atoms with van der Waals surface area (Å²) in [6, 6.07) is 7.63. The highest BCUT2D eigenvalue weighted by Crippen LogP contribution is 2.27. The Hall–Kier alpha value is -2.10. The standard InChI is InChI=1S/C17H21N3O/c18-16-14-8-4-3-7-13(14)15(11-20-16)17(21)19-10-9-12-5-1-2-6-12/h3-4,7-8,11-12H,1-2,5-6,9-10H2,(H2,18,20)(H,19,21). The number of hydrogen-bond donors (Lipinski definition) is 2. The van der Waals surface area contributed by atoms with E-state index in [4.69, 9.17) is 5.73 Å². The van der Waals surface area contributed by atoms with Crippen molar-refractivity contribution in [2.75, 3.05) is 12.3 Å². The third-order valence-corrected chi connectivity index (χ3v) is 4.38. The van der Waals surface area contributed by atoms with Crippen molar-refractivity contribution in [1.82, 2.24) is 10.3 Å². The average Bonchev–Trinajstić information content (AvgIpc) is 3.01. The largest absolute Gasteiger partial charge is 0.383 e. The maximum absolute atomic E-state index is 12.4. The molecule has 1 aromatic heterocycles. The second-order valence-electron chi connectivity index (χ2n) is 5.80. The first kappa shape index (κ1) is 13.9. The first-order chi connectivity index (χ1) is 10.3. The average molecular weight is 283 g/mol. The van der Waals surface area contributed by atoms with Crippen molar-refractivity contribution in [3.05, 3.63) is 36.0 Å². The zero-order valence-corrected chi connectivity index (χ0v) is 12.1. The van der Waals surface area contributed by atoms with Gasteiger partial charge in [0.05, 0.1) is 5.56 Å². The molecule has 0 bridgehead atoms. The third kappa shape index (κ3) is 2.99. The number of benzene rings is 1. The number of rotatable bonds is 4. The lowest BCUT2D eigenvalue weighted by Crippen LogP contribution is -2.26. The van der Waals surface area contributed by atoms with Gasteiger partial charge < -0.3 is 11.1 Å². The topological polar surface area (TPSA) is 68.0 Å². The molecule has 0 aliphatic heterocycles. The van der Waals surface area contributed by atoms with Gasteiger partial charge in [0.1, 0.15) is 5.82 Å². The number of fused-ring (bicyclic) bond motifs is 1. The van der Waals surface area contributed by atoms with E-state index >= 15 is 0 Å². The van der Waals surface area contributed by atoms with Crippen LogP contribution in [0.5, 0.6) is 0 Å². The number of carbonyl (C=O) groups is 1. The zero-order chi connectivity index (χ0) is 14.7. The Morgan fingerprint density at radius 2 is 1.95 bits per heavy atom. The van der Waals surface area contributed by atoms with E-state index in [1.807, 2.05) is 24.3 Å². The SMILES string of the molecule is Nc1ncc(C(=O)NCCC2CCCC2)c2ccccc12. The van der Waals surface area contributed by atoms with Crippen LogP contribution < -0.4 is 11.1 Å². The molecular formula is C17H21N3O. The quantitative estimate of drug-likeness (QED) is 0.905. The number of carbonyl (C=O) groups excluding carboxylic acids is 1. The molecule has 1 aliphatic rings. The van der Waals surface area contributed by atoms with Gasteiger partial charge in [-0.2, -0.15) is 0 Å². The second kappa shape index (κ2) is 6.12. The Balaban J connectivity index is 1.71. The van der Waals surface area contributed by atoms with Crippen LogP contribution in [-0.4, -0.2) is 17.4 Å². The van der Waals surface area contributed by atoms with Crippen molar-refractivity contribution in [1.29, 1.82) is 0 Å². The van der Waals surface area contributed by atoms with Gasteiger partial charge >= 0.3 is 0 Å². The number of nitrogens with zero attached hydrogens (tertiary/aromatic N) is 1. The van der Waals surface area contributed by atoms with Gasteiger partial charge in [0.25, 0.3) is 5.91 Å². The van der Waals surface area contributed by atoms with E-state index in [2.05, 4.69) is 10.3 Å². The summed E-state index contributed by atoms with van der Waals surface area (Å²) in [7, 11) is 0. The number of nitrogens with one attached hydrogen (secondary N) is 1. The van der Waals surface area contributed by atoms with Gasteiger partial charge in [0, 0.05) is 18.1 Å². The normalized spacial score (nSPS) is 15.4. The predicted octanol–water partition coefficient (Wildman–Crippen LogP) is 3.13. The van der Waals surface area contributed by atoms with Crippen molar-refractivity contribution in [3.63, 3.8) is 0 Å². The minimum absolute atomic E-state index is 0.0586. The minimum Gasteiger partial charge on any atom is -0.383 e. The van der Waals surface area contributed by atoms with E-state index in [9.17, 15) is 4.79 Å². The van der Waals surface area contributed by atoms with Gasteiger partial charge in [-0.15, -0.1) is 0 Å². The van der Waals surface area contributed by atoms with Gasteiger partial charge in [0.2, 0.25) is 0 Å². The summed E-state index contributed by atoms with van der Waals surface area (Å²) in [5.41, 5.74) is 6.47. The summed E-state index contributed by atoms with van der Waals surface area (Å²) in [6.45, 7) is 0.738. The Labute approximate surface area is 124 Å². The number of nitrogens with two attached hydrogens (primary N) is 1. The van der Waals surface area contributed by atoms with E-state index in [1.54, 1.807) is 6.20 Å². The van der Waals surface area contributed by atoms with Gasteiger partial charge in [-0.1, -0.05) is 49.9 Å². The minimum atomic E-state index is -0.0586. The molecule has 2 aromatic rings. The molecule has 1 aromatic carbocycles. The lowest BCUT2D eigenvalue weighted by molar-refractivity contribution is 0.0953. The summed E-state index contributed by atoms with van der Waals surface area (Å²) < 4.78 is 0. The van der Waals surface area contributed by atoms with Crippen molar-refractivity contribution in [2.24, 2.45) is 5.92 Å². The molecule has 4 nitrogen and oxygen atoms in total. The second-order valence-corrected chi connectivity index (χ2v) is 5.80. The fourth-order valence-corrected chi connectivity index (χ4v) is 3.18. The van der Waals surface area contributed by atoms with Crippen LogP contribution in [0, 0.1) is 5.92 Å². The van der Waals surface area contributed by atoms with E-state index in [0.29, 0.717) is 11.4 Å². The Kier molecular flexibility index (Phi) is 4.04. The molecule has 0 unspecified atom stereocenters. The molecule has 3 N–H and O–H groups in total. The molecule has 4 heteroatoms. The van der Waals surface area contributed by atoms with Crippen LogP contribution in [0.4, 0.5) is 5.82 Å². The number of amides is 1. The first-order valence-electron chi connectivity index (χ1n) is 7.67. The van der Waals surface area contributed by atoms with Crippen LogP contribution in [0.25, 0.3) is 10.8 Å². The van der Waals surface area contributed by atoms with Crippen LogP contribution in [0.1, 0.15) is 42.5 Å². The van der Waals surface area contributed by atoms with Gasteiger partial charge in [0.15, 0.2) is 0 Å². The Morgan fingerprint density at radius 1 is 1.24 bits per heavy atom. The molecule has 0 radical (unpaired) electrons. The summed E-state index contributed by atoms with van der Waals surface area (Å²) in [5.74, 6) is 1.19. The maximum Gasteiger partial charge on any atom is 0.253 e. The molecule has 0 saturated heterocycles. The number of anilines is 1. The molecule has 1 aliphatic carbocycles. The smallest absolute Gasteiger partial charge is 0.253 e. The van der Waals surface area contributed by atoms with E-state index in [0.717, 1.165) is 29.7 Å². The fourth-order valence-electron chi connectivity index (χ4n) is 3.18. The molecule has 1 saturated carbocycles. The van der Waals surface area contributed by atoms with Gasteiger partial charge in [-0.05, 0) is 17.7 Å². The summed E-state index contributed by atoms with van der Waals surface area (Å²) in [6.07, 6.45) is 7.94. The Bertz CT molecular complexity index is 648. The fraction of sp³-hybridized carbons (Fsp3) is 0.412. The molecule has 1 heterocycles. The molecule has 0 spiro atoms. The molecule has 21 heavy (non-hydrogen) atoms. The molecule has 0 atom stereocenters. The van der Waals surface area contributed by atoms with E-state index in [1.165, 1.54) is 25.7 Å². The molecule has 3 rings (SSSR count). The highest BCUT2D eigenvalue weighted by Gasteiger charge is 2.16. The number of nitrogen functional groups attached to an aromatic ring is 1. The van der Waals surface area contributed by atoms with Crippen LogP contribution in [0.15, 0.2) is 30.5 Å². The maximum atomic E-state index is 12.4. The van der Waals surface area contributed by atoms with Crippen molar-refractivity contribution >= 4 is 22.5 Å². The molecule has 110 valence electrons. The van der Waals surface area contributed by atoms with Crippen LogP contribution in [0.3, 0.4) is 0 Å². The van der Waals surface area contributed by atoms with Crippen LogP contribution >= 0.6 is 0 Å². The van der Waals surface area contributed by atoms with Crippen molar-refractivity contribution in [3.8, 4) is 0 Å². The molecular weight excluding hydrogens is 262 g/mol. The van der Waals surface area contributed by atoms with Crippen molar-refractivity contribution in [2.45, 2.75) is 32.1 Å². The van der Waals surface area contributed by atoms with Crippen LogP contribution in [-0.2, 0) is 0 Å². The van der Waals surface area contributed by atoms with E-state index < -0.39 is 0 Å². The molecule has 1 fully saturated rings. The lowest BCUT2D eigenvalue weighted by atomic mass is 10.0. The highest BCUT2D eigenvalue weighted by molar-refractivity contribution is 6.08. The molecule has 1 amide bonds. The Morgan fingerprint density at radius 3 is 2.71 bits per heavy atom. The monoisotopic (exact) mass is 283 g/mol. The van der Waals surface area contributed by atoms with Gasteiger partial charge in [-0.3, -0.25) is 4.79 Å². The van der Waals surface area contributed by atoms with E-state index in [-0.39, 0.29) is 5.91 Å². The van der Waals surface area contributed by atoms with Crippen LogP contribution in [0.2, 0.25) is 0 Å². The number of hydrogen-bond acceptors (Lipinski definition) is 3.